The number of benzene rings is 2. The van der Waals surface area contributed by atoms with E-state index in [2.05, 4.69) is 6.07 Å². The zero-order valence-electron chi connectivity index (χ0n) is 8.81. The van der Waals surface area contributed by atoms with Crippen molar-refractivity contribution >= 4 is 0 Å². The van der Waals surface area contributed by atoms with E-state index in [4.69, 9.17) is 0 Å². The molecule has 17 heavy (non-hydrogen) atoms. The number of hydrogen-bond donors (Lipinski definition) is 0. The third-order valence-electron chi connectivity index (χ3n) is 3.01. The smallest absolute Gasteiger partial charge is 0.166 e. The summed E-state index contributed by atoms with van der Waals surface area (Å²) in [5, 5.41) is 0. The van der Waals surface area contributed by atoms with Gasteiger partial charge < -0.3 is 0 Å². The van der Waals surface area contributed by atoms with E-state index in [0.717, 1.165) is 22.8 Å². The first kappa shape index (κ1) is 10.4. The van der Waals surface area contributed by atoms with Crippen molar-refractivity contribution in [3.63, 3.8) is 0 Å². The third-order valence-corrected chi connectivity index (χ3v) is 3.01. The molecular formula is C14H8F3. The minimum Gasteiger partial charge on any atom is -0.166 e. The van der Waals surface area contributed by atoms with Crippen LogP contribution in [0.3, 0.4) is 0 Å². The number of alkyl halides is 3. The van der Waals surface area contributed by atoms with E-state index in [1.807, 2.05) is 24.3 Å². The highest BCUT2D eigenvalue weighted by atomic mass is 19.4. The molecule has 3 heteroatoms. The number of hydrogen-bond acceptors (Lipinski definition) is 0. The van der Waals surface area contributed by atoms with Gasteiger partial charge in [-0.2, -0.15) is 13.2 Å². The van der Waals surface area contributed by atoms with Crippen LogP contribution in [0.2, 0.25) is 0 Å². The maximum absolute atomic E-state index is 12.6. The summed E-state index contributed by atoms with van der Waals surface area (Å²) < 4.78 is 37.7. The summed E-state index contributed by atoms with van der Waals surface area (Å²) in [7, 11) is 0. The summed E-state index contributed by atoms with van der Waals surface area (Å²) in [6.45, 7) is 0. The lowest BCUT2D eigenvalue weighted by Crippen LogP contribution is -2.05. The van der Waals surface area contributed by atoms with Crippen LogP contribution in [0.15, 0.2) is 36.4 Å². The van der Waals surface area contributed by atoms with E-state index in [1.54, 1.807) is 6.07 Å². The van der Waals surface area contributed by atoms with Gasteiger partial charge in [0, 0.05) is 0 Å². The summed E-state index contributed by atoms with van der Waals surface area (Å²) in [6.07, 6.45) is -3.78. The Morgan fingerprint density at radius 3 is 2.47 bits per heavy atom. The fraction of sp³-hybridized carbons (Fsp3) is 0.143. The van der Waals surface area contributed by atoms with Gasteiger partial charge in [-0.15, -0.1) is 0 Å². The molecule has 0 bridgehead atoms. The van der Waals surface area contributed by atoms with Crippen molar-refractivity contribution in [2.75, 3.05) is 0 Å². The fourth-order valence-electron chi connectivity index (χ4n) is 2.22. The van der Waals surface area contributed by atoms with E-state index in [9.17, 15) is 13.2 Å². The first-order valence-corrected chi connectivity index (χ1v) is 5.26. The number of halogens is 3. The Kier molecular flexibility index (Phi) is 2.05. The van der Waals surface area contributed by atoms with Crippen molar-refractivity contribution in [1.29, 1.82) is 0 Å². The zero-order chi connectivity index (χ0) is 12.0. The Bertz CT molecular complexity index is 582. The molecule has 0 aromatic heterocycles. The zero-order valence-corrected chi connectivity index (χ0v) is 8.81. The maximum atomic E-state index is 12.6. The fourth-order valence-corrected chi connectivity index (χ4v) is 2.22. The monoisotopic (exact) mass is 233 g/mol. The summed E-state index contributed by atoms with van der Waals surface area (Å²) in [4.78, 5) is 0. The molecule has 2 aromatic rings. The van der Waals surface area contributed by atoms with Crippen molar-refractivity contribution in [3.8, 4) is 11.1 Å². The molecule has 0 saturated carbocycles. The van der Waals surface area contributed by atoms with Gasteiger partial charge in [0.2, 0.25) is 0 Å². The average molecular weight is 233 g/mol. The Hall–Kier alpha value is -1.77. The first-order valence-electron chi connectivity index (χ1n) is 5.26. The lowest BCUT2D eigenvalue weighted by molar-refractivity contribution is -0.137. The molecule has 2 aromatic carbocycles. The van der Waals surface area contributed by atoms with Crippen molar-refractivity contribution in [2.24, 2.45) is 0 Å². The molecule has 1 radical (unpaired) electrons. The van der Waals surface area contributed by atoms with Crippen LogP contribution in [0, 0.1) is 6.07 Å². The Morgan fingerprint density at radius 1 is 0.941 bits per heavy atom. The van der Waals surface area contributed by atoms with E-state index in [0.29, 0.717) is 12.0 Å². The lowest BCUT2D eigenvalue weighted by Gasteiger charge is -2.07. The average Bonchev–Trinajstić information content (AvgIpc) is 2.65. The normalized spacial score (nSPS) is 13.4. The van der Waals surface area contributed by atoms with E-state index >= 15 is 0 Å². The van der Waals surface area contributed by atoms with Gasteiger partial charge in [0.1, 0.15) is 0 Å². The van der Waals surface area contributed by atoms with Gasteiger partial charge in [0.05, 0.1) is 5.56 Å². The second-order valence-electron chi connectivity index (χ2n) is 4.10. The molecule has 0 unspecified atom stereocenters. The number of fused-ring (bicyclic) bond motifs is 3. The van der Waals surface area contributed by atoms with Gasteiger partial charge in [-0.1, -0.05) is 30.3 Å². The van der Waals surface area contributed by atoms with Crippen LogP contribution < -0.4 is 0 Å². The summed E-state index contributed by atoms with van der Waals surface area (Å²) >= 11 is 0. The van der Waals surface area contributed by atoms with Crippen LogP contribution in [0.4, 0.5) is 13.2 Å². The summed E-state index contributed by atoms with van der Waals surface area (Å²) in [5.41, 5.74) is 2.91. The third kappa shape index (κ3) is 1.62. The minimum atomic E-state index is -4.32. The van der Waals surface area contributed by atoms with Crippen LogP contribution in [0.25, 0.3) is 11.1 Å². The Balaban J connectivity index is 2.13. The minimum absolute atomic E-state index is 0.537. The lowest BCUT2D eigenvalue weighted by atomic mass is 10.0. The summed E-state index contributed by atoms with van der Waals surface area (Å²) in [5.74, 6) is 0. The van der Waals surface area contributed by atoms with Crippen LogP contribution in [-0.2, 0) is 12.6 Å². The summed E-state index contributed by atoms with van der Waals surface area (Å²) in [6, 6.07) is 12.8. The van der Waals surface area contributed by atoms with E-state index in [-0.39, 0.29) is 0 Å². The molecule has 0 amide bonds. The van der Waals surface area contributed by atoms with E-state index in [1.165, 1.54) is 0 Å². The Labute approximate surface area is 96.7 Å². The van der Waals surface area contributed by atoms with Crippen molar-refractivity contribution in [2.45, 2.75) is 12.6 Å². The maximum Gasteiger partial charge on any atom is 0.417 e. The molecule has 0 saturated heterocycles. The molecule has 1 aliphatic carbocycles. The van der Waals surface area contributed by atoms with Crippen LogP contribution in [0.1, 0.15) is 16.7 Å². The molecule has 0 heterocycles. The second-order valence-corrected chi connectivity index (χ2v) is 4.10. The molecule has 0 nitrogen and oxygen atoms in total. The quantitative estimate of drug-likeness (QED) is 0.549. The van der Waals surface area contributed by atoms with Gasteiger partial charge in [-0.25, -0.2) is 0 Å². The highest BCUT2D eigenvalue weighted by molar-refractivity contribution is 5.76. The SMILES string of the molecule is FC(F)(F)c1[c]c2c(cc1)-c1ccccc1C2. The van der Waals surface area contributed by atoms with Crippen molar-refractivity contribution < 1.29 is 13.2 Å². The van der Waals surface area contributed by atoms with Gasteiger partial charge in [-0.3, -0.25) is 0 Å². The van der Waals surface area contributed by atoms with E-state index < -0.39 is 11.7 Å². The number of rotatable bonds is 0. The highest BCUT2D eigenvalue weighted by Gasteiger charge is 2.32. The molecule has 3 rings (SSSR count). The molecule has 1 aliphatic rings. The van der Waals surface area contributed by atoms with Crippen molar-refractivity contribution in [1.82, 2.24) is 0 Å². The highest BCUT2D eigenvalue weighted by Crippen LogP contribution is 2.39. The standard InChI is InChI=1S/C14H8F3/c15-14(16,17)11-5-6-13-10(8-11)7-9-3-1-2-4-12(9)13/h1-6H,7H2. The molecule has 0 aliphatic heterocycles. The predicted octanol–water partition coefficient (Wildman–Crippen LogP) is 4.08. The van der Waals surface area contributed by atoms with Gasteiger partial charge in [-0.05, 0) is 40.8 Å². The van der Waals surface area contributed by atoms with Crippen molar-refractivity contribution in [3.05, 3.63) is 59.2 Å². The second kappa shape index (κ2) is 3.36. The van der Waals surface area contributed by atoms with Crippen LogP contribution >= 0.6 is 0 Å². The predicted molar refractivity (Wildman–Crippen MR) is 58.5 cm³/mol. The first-order chi connectivity index (χ1) is 8.05. The molecular weight excluding hydrogens is 225 g/mol. The van der Waals surface area contributed by atoms with Gasteiger partial charge in [0.25, 0.3) is 0 Å². The Morgan fingerprint density at radius 2 is 1.71 bits per heavy atom. The van der Waals surface area contributed by atoms with Crippen LogP contribution in [-0.4, -0.2) is 0 Å². The van der Waals surface area contributed by atoms with Crippen LogP contribution in [0.5, 0.6) is 0 Å². The van der Waals surface area contributed by atoms with Gasteiger partial charge in [0.15, 0.2) is 0 Å². The molecule has 85 valence electrons. The molecule has 0 N–H and O–H groups in total. The molecule has 0 spiro atoms. The topological polar surface area (TPSA) is 0 Å². The molecule has 0 atom stereocenters. The van der Waals surface area contributed by atoms with Gasteiger partial charge >= 0.3 is 6.18 Å². The molecule has 0 fully saturated rings. The largest absolute Gasteiger partial charge is 0.417 e.